The number of amides is 1. The molecule has 0 spiro atoms. The van der Waals surface area contributed by atoms with Gasteiger partial charge in [-0.25, -0.2) is 4.79 Å². The number of nitrogens with two attached hydrogens (primary N) is 1. The molecule has 34 heavy (non-hydrogen) atoms. The molecule has 4 rings (SSSR count). The first-order valence-electron chi connectivity index (χ1n) is 11.5. The molecule has 3 aromatic rings. The second-order valence-corrected chi connectivity index (χ2v) is 8.72. The number of benzene rings is 3. The van der Waals surface area contributed by atoms with E-state index in [-0.39, 0.29) is 24.3 Å². The van der Waals surface area contributed by atoms with E-state index in [0.717, 1.165) is 42.0 Å². The van der Waals surface area contributed by atoms with Crippen molar-refractivity contribution >= 4 is 28.7 Å². The zero-order valence-electron chi connectivity index (χ0n) is 19.0. The van der Waals surface area contributed by atoms with Crippen LogP contribution in [-0.4, -0.2) is 24.4 Å². The summed E-state index contributed by atoms with van der Waals surface area (Å²) in [4.78, 5) is 24.6. The van der Waals surface area contributed by atoms with Crippen molar-refractivity contribution in [3.63, 3.8) is 0 Å². The fraction of sp³-hybridized carbons (Fsp3) is 0.296. The van der Waals surface area contributed by atoms with Gasteiger partial charge in [0.05, 0.1) is 5.92 Å². The van der Waals surface area contributed by atoms with Crippen LogP contribution in [0.5, 0.6) is 5.75 Å². The molecule has 0 atom stereocenters. The van der Waals surface area contributed by atoms with Crippen molar-refractivity contribution in [1.29, 1.82) is 5.41 Å². The van der Waals surface area contributed by atoms with Gasteiger partial charge in [0, 0.05) is 12.1 Å². The van der Waals surface area contributed by atoms with Crippen molar-refractivity contribution in [2.24, 2.45) is 17.6 Å². The highest BCUT2D eigenvalue weighted by Crippen LogP contribution is 2.30. The Labute approximate surface area is 198 Å². The summed E-state index contributed by atoms with van der Waals surface area (Å²) >= 11 is 0. The Morgan fingerprint density at radius 3 is 2.38 bits per heavy atom. The lowest BCUT2D eigenvalue weighted by molar-refractivity contribution is -0.140. The van der Waals surface area contributed by atoms with Gasteiger partial charge in [0.15, 0.2) is 0 Å². The van der Waals surface area contributed by atoms with E-state index in [4.69, 9.17) is 20.6 Å². The van der Waals surface area contributed by atoms with Gasteiger partial charge in [0.1, 0.15) is 18.2 Å². The molecule has 0 aromatic heterocycles. The molecule has 1 fully saturated rings. The maximum Gasteiger partial charge on any atom is 0.407 e. The van der Waals surface area contributed by atoms with Gasteiger partial charge in [-0.1, -0.05) is 48.5 Å². The molecule has 0 radical (unpaired) electrons. The Kier molecular flexibility index (Phi) is 7.42. The number of rotatable bonds is 7. The molecule has 3 aromatic carbocycles. The van der Waals surface area contributed by atoms with Gasteiger partial charge in [-0.3, -0.25) is 10.2 Å². The number of esters is 1. The van der Waals surface area contributed by atoms with Gasteiger partial charge in [-0.15, -0.1) is 0 Å². The number of amidine groups is 1. The molecule has 0 unspecified atom stereocenters. The predicted molar refractivity (Wildman–Crippen MR) is 131 cm³/mol. The van der Waals surface area contributed by atoms with Crippen molar-refractivity contribution < 1.29 is 19.1 Å². The van der Waals surface area contributed by atoms with E-state index >= 15 is 0 Å². The summed E-state index contributed by atoms with van der Waals surface area (Å²) in [5.74, 6) is 0.500. The first-order valence-corrected chi connectivity index (χ1v) is 11.5. The van der Waals surface area contributed by atoms with Crippen molar-refractivity contribution in [2.75, 3.05) is 6.54 Å². The van der Waals surface area contributed by atoms with Crippen LogP contribution in [0.3, 0.4) is 0 Å². The molecular weight excluding hydrogens is 430 g/mol. The van der Waals surface area contributed by atoms with E-state index in [0.29, 0.717) is 23.8 Å². The molecule has 0 saturated heterocycles. The van der Waals surface area contributed by atoms with E-state index in [1.54, 1.807) is 12.1 Å². The molecule has 1 amide bonds. The molecule has 1 aliphatic carbocycles. The third-order valence-corrected chi connectivity index (χ3v) is 6.27. The van der Waals surface area contributed by atoms with Crippen LogP contribution in [0.25, 0.3) is 10.8 Å². The summed E-state index contributed by atoms with van der Waals surface area (Å²) in [6.07, 6.45) is 2.76. The zero-order valence-corrected chi connectivity index (χ0v) is 19.0. The lowest BCUT2D eigenvalue weighted by Crippen LogP contribution is -2.33. The number of hydrogen-bond acceptors (Lipinski definition) is 5. The number of nitrogens with one attached hydrogen (secondary N) is 2. The highest BCUT2D eigenvalue weighted by Gasteiger charge is 2.28. The Bertz CT molecular complexity index is 1170. The maximum absolute atomic E-state index is 12.7. The zero-order chi connectivity index (χ0) is 23.9. The van der Waals surface area contributed by atoms with Crippen LogP contribution < -0.4 is 15.8 Å². The normalized spacial score (nSPS) is 17.6. The summed E-state index contributed by atoms with van der Waals surface area (Å²) in [5.41, 5.74) is 7.16. The fourth-order valence-electron chi connectivity index (χ4n) is 4.26. The van der Waals surface area contributed by atoms with E-state index in [2.05, 4.69) is 5.32 Å². The maximum atomic E-state index is 12.7. The lowest BCUT2D eigenvalue weighted by atomic mass is 9.82. The SMILES string of the molecule is N=C(N)c1ccc2cc(OC(=O)[C@H]3CC[C@H](CNC(=O)OCc4ccccc4)CC3)ccc2c1. The van der Waals surface area contributed by atoms with Crippen molar-refractivity contribution in [1.82, 2.24) is 5.32 Å². The number of hydrogen-bond donors (Lipinski definition) is 3. The second kappa shape index (κ2) is 10.8. The summed E-state index contributed by atoms with van der Waals surface area (Å²) in [5, 5.41) is 12.2. The minimum atomic E-state index is -0.419. The van der Waals surface area contributed by atoms with E-state index in [1.165, 1.54) is 0 Å². The monoisotopic (exact) mass is 459 g/mol. The van der Waals surface area contributed by atoms with Crippen molar-refractivity contribution in [3.05, 3.63) is 77.9 Å². The van der Waals surface area contributed by atoms with Crippen LogP contribution >= 0.6 is 0 Å². The quantitative estimate of drug-likeness (QED) is 0.204. The first kappa shape index (κ1) is 23.3. The number of nitrogen functional groups attached to an aromatic ring is 1. The van der Waals surface area contributed by atoms with E-state index in [1.807, 2.05) is 54.6 Å². The third kappa shape index (κ3) is 6.13. The smallest absolute Gasteiger partial charge is 0.407 e. The number of alkyl carbamates (subject to hydrolysis) is 1. The van der Waals surface area contributed by atoms with E-state index < -0.39 is 6.09 Å². The predicted octanol–water partition coefficient (Wildman–Crippen LogP) is 4.76. The average molecular weight is 460 g/mol. The molecule has 7 heteroatoms. The van der Waals surface area contributed by atoms with Crippen molar-refractivity contribution in [3.8, 4) is 5.75 Å². The number of carbonyl (C=O) groups excluding carboxylic acids is 2. The largest absolute Gasteiger partial charge is 0.445 e. The van der Waals surface area contributed by atoms with Gasteiger partial charge in [-0.05, 0) is 66.1 Å². The number of carbonyl (C=O) groups is 2. The summed E-state index contributed by atoms with van der Waals surface area (Å²) in [7, 11) is 0. The molecule has 0 heterocycles. The molecular formula is C27H29N3O4. The Morgan fingerprint density at radius 2 is 1.65 bits per heavy atom. The van der Waals surface area contributed by atoms with E-state index in [9.17, 15) is 9.59 Å². The minimum Gasteiger partial charge on any atom is -0.445 e. The Balaban J connectivity index is 1.21. The van der Waals surface area contributed by atoms with Crippen molar-refractivity contribution in [2.45, 2.75) is 32.3 Å². The van der Waals surface area contributed by atoms with Gasteiger partial charge in [0.25, 0.3) is 0 Å². The van der Waals surface area contributed by atoms with Gasteiger partial charge in [-0.2, -0.15) is 0 Å². The van der Waals surface area contributed by atoms with Crippen LogP contribution in [0.4, 0.5) is 4.79 Å². The summed E-state index contributed by atoms with van der Waals surface area (Å²) < 4.78 is 10.9. The van der Waals surface area contributed by atoms with Crippen LogP contribution in [0.1, 0.15) is 36.8 Å². The highest BCUT2D eigenvalue weighted by molar-refractivity contribution is 5.99. The van der Waals surface area contributed by atoms with Gasteiger partial charge < -0.3 is 20.5 Å². The molecule has 0 bridgehead atoms. The standard InChI is InChI=1S/C27H29N3O4/c28-25(29)23-11-10-22-15-24(13-12-21(22)14-23)34-26(31)20-8-6-18(7-9-20)16-30-27(32)33-17-19-4-2-1-3-5-19/h1-5,10-15,18,20H,6-9,16-17H2,(H3,28,29)(H,30,32)/t18-,20-. The highest BCUT2D eigenvalue weighted by atomic mass is 16.5. The Morgan fingerprint density at radius 1 is 0.941 bits per heavy atom. The number of ether oxygens (including phenoxy) is 2. The first-order chi connectivity index (χ1) is 16.5. The average Bonchev–Trinajstić information content (AvgIpc) is 2.86. The third-order valence-electron chi connectivity index (χ3n) is 6.27. The molecule has 7 nitrogen and oxygen atoms in total. The molecule has 1 saturated carbocycles. The minimum absolute atomic E-state index is 0.0206. The molecule has 4 N–H and O–H groups in total. The van der Waals surface area contributed by atoms with Gasteiger partial charge in [0.2, 0.25) is 0 Å². The number of fused-ring (bicyclic) bond motifs is 1. The second-order valence-electron chi connectivity index (χ2n) is 8.72. The Hall–Kier alpha value is -3.87. The lowest BCUT2D eigenvalue weighted by Gasteiger charge is -2.27. The fourth-order valence-corrected chi connectivity index (χ4v) is 4.26. The summed E-state index contributed by atoms with van der Waals surface area (Å²) in [6.45, 7) is 0.792. The van der Waals surface area contributed by atoms with Crippen LogP contribution in [-0.2, 0) is 16.1 Å². The molecule has 1 aliphatic rings. The topological polar surface area (TPSA) is 115 Å². The van der Waals surface area contributed by atoms with Crippen LogP contribution in [0, 0.1) is 17.2 Å². The molecule has 0 aliphatic heterocycles. The summed E-state index contributed by atoms with van der Waals surface area (Å²) in [6, 6.07) is 20.5. The van der Waals surface area contributed by atoms with Crippen LogP contribution in [0.15, 0.2) is 66.7 Å². The van der Waals surface area contributed by atoms with Crippen LogP contribution in [0.2, 0.25) is 0 Å². The van der Waals surface area contributed by atoms with Gasteiger partial charge >= 0.3 is 12.1 Å². The molecule has 176 valence electrons.